The predicted molar refractivity (Wildman–Crippen MR) is 72.8 cm³/mol. The van der Waals surface area contributed by atoms with E-state index in [9.17, 15) is 0 Å². The van der Waals surface area contributed by atoms with Crippen LogP contribution in [0, 0.1) is 16.6 Å². The van der Waals surface area contributed by atoms with Crippen molar-refractivity contribution < 1.29 is 0 Å². The molecule has 0 aromatic carbocycles. The smallest absolute Gasteiger partial charge is 0.177 e. The molecule has 0 aliphatic heterocycles. The monoisotopic (exact) mass is 250 g/mol. The molecule has 3 unspecified atom stereocenters. The van der Waals surface area contributed by atoms with Gasteiger partial charge in [0.05, 0.1) is 0 Å². The minimum atomic E-state index is 0.176. The third-order valence-electron chi connectivity index (χ3n) is 4.61. The molecule has 3 rings (SSSR count). The second-order valence-electron chi connectivity index (χ2n) is 6.84. The van der Waals surface area contributed by atoms with E-state index in [2.05, 4.69) is 36.5 Å². The van der Waals surface area contributed by atoms with E-state index in [1.807, 2.05) is 0 Å². The van der Waals surface area contributed by atoms with Crippen LogP contribution in [-0.2, 0) is 5.41 Å². The van der Waals surface area contributed by atoms with Gasteiger partial charge in [-0.2, -0.15) is 0 Å². The average Bonchev–Trinajstić information content (AvgIpc) is 2.88. The Morgan fingerprint density at radius 1 is 1.29 bits per heavy atom. The van der Waals surface area contributed by atoms with Crippen molar-refractivity contribution in [1.82, 2.24) is 9.55 Å². The SMILES string of the molecule is CC(C)(C)c1c[nH]c(=S)n1C1CC2CCC1C2. The van der Waals surface area contributed by atoms with Crippen LogP contribution in [0.15, 0.2) is 6.20 Å². The van der Waals surface area contributed by atoms with Crippen molar-refractivity contribution in [2.45, 2.75) is 57.9 Å². The highest BCUT2D eigenvalue weighted by molar-refractivity contribution is 7.71. The number of aromatic amines is 1. The van der Waals surface area contributed by atoms with E-state index in [1.165, 1.54) is 31.4 Å². The first-order chi connectivity index (χ1) is 7.97. The Labute approximate surface area is 108 Å². The standard InChI is InChI=1S/C14H22N2S/c1-14(2,3)12-8-15-13(17)16(12)11-7-9-4-5-10(11)6-9/h8-11H,4-7H2,1-3H3,(H,15,17). The number of H-pyrrole nitrogens is 1. The van der Waals surface area contributed by atoms with Gasteiger partial charge in [0.15, 0.2) is 4.77 Å². The molecule has 1 N–H and O–H groups in total. The lowest BCUT2D eigenvalue weighted by Gasteiger charge is -2.29. The maximum Gasteiger partial charge on any atom is 0.177 e. The quantitative estimate of drug-likeness (QED) is 0.741. The number of rotatable bonds is 1. The molecule has 0 radical (unpaired) electrons. The Balaban J connectivity index is 2.03. The summed E-state index contributed by atoms with van der Waals surface area (Å²) in [6.07, 6.45) is 7.76. The van der Waals surface area contributed by atoms with Crippen LogP contribution in [0.4, 0.5) is 0 Å². The third-order valence-corrected chi connectivity index (χ3v) is 4.93. The van der Waals surface area contributed by atoms with Crippen molar-refractivity contribution in [2.75, 3.05) is 0 Å². The van der Waals surface area contributed by atoms with Gasteiger partial charge in [0, 0.05) is 23.3 Å². The normalized spacial score (nSPS) is 32.3. The maximum atomic E-state index is 5.50. The van der Waals surface area contributed by atoms with Gasteiger partial charge in [-0.15, -0.1) is 0 Å². The highest BCUT2D eigenvalue weighted by Gasteiger charge is 2.41. The molecule has 1 heterocycles. The molecule has 2 saturated carbocycles. The molecule has 2 fully saturated rings. The van der Waals surface area contributed by atoms with E-state index < -0.39 is 0 Å². The van der Waals surface area contributed by atoms with Crippen LogP contribution < -0.4 is 0 Å². The Morgan fingerprint density at radius 3 is 2.59 bits per heavy atom. The van der Waals surface area contributed by atoms with Crippen molar-refractivity contribution in [1.29, 1.82) is 0 Å². The van der Waals surface area contributed by atoms with Crippen LogP contribution in [0.3, 0.4) is 0 Å². The molecule has 1 aromatic heterocycles. The number of nitrogens with one attached hydrogen (secondary N) is 1. The maximum absolute atomic E-state index is 5.50. The second-order valence-corrected chi connectivity index (χ2v) is 7.23. The lowest BCUT2D eigenvalue weighted by atomic mass is 9.90. The van der Waals surface area contributed by atoms with Crippen LogP contribution in [-0.4, -0.2) is 9.55 Å². The fourth-order valence-electron chi connectivity index (χ4n) is 3.81. The number of fused-ring (bicyclic) bond motifs is 2. The van der Waals surface area contributed by atoms with Crippen molar-refractivity contribution in [3.05, 3.63) is 16.7 Å². The van der Waals surface area contributed by atoms with E-state index >= 15 is 0 Å². The number of imidazole rings is 1. The molecule has 2 nitrogen and oxygen atoms in total. The Hall–Kier alpha value is -0.570. The fraction of sp³-hybridized carbons (Fsp3) is 0.786. The summed E-state index contributed by atoms with van der Waals surface area (Å²) in [6.45, 7) is 6.82. The first-order valence-corrected chi connectivity index (χ1v) is 7.18. The van der Waals surface area contributed by atoms with E-state index in [0.29, 0.717) is 6.04 Å². The van der Waals surface area contributed by atoms with E-state index in [4.69, 9.17) is 12.2 Å². The van der Waals surface area contributed by atoms with E-state index in [-0.39, 0.29) is 5.41 Å². The minimum Gasteiger partial charge on any atom is -0.337 e. The molecule has 1 aromatic rings. The van der Waals surface area contributed by atoms with Crippen molar-refractivity contribution in [3.63, 3.8) is 0 Å². The first-order valence-electron chi connectivity index (χ1n) is 6.77. The average molecular weight is 250 g/mol. The summed E-state index contributed by atoms with van der Waals surface area (Å²) < 4.78 is 3.35. The van der Waals surface area contributed by atoms with E-state index in [1.54, 1.807) is 0 Å². The molecule has 0 spiro atoms. The topological polar surface area (TPSA) is 20.7 Å². The summed E-state index contributed by atoms with van der Waals surface area (Å²) in [4.78, 5) is 3.26. The fourth-order valence-corrected chi connectivity index (χ4v) is 4.11. The number of hydrogen-bond acceptors (Lipinski definition) is 1. The minimum absolute atomic E-state index is 0.176. The number of aromatic nitrogens is 2. The summed E-state index contributed by atoms with van der Waals surface area (Å²) in [5.74, 6) is 1.85. The third kappa shape index (κ3) is 1.79. The van der Waals surface area contributed by atoms with Crippen molar-refractivity contribution >= 4 is 12.2 Å². The van der Waals surface area contributed by atoms with E-state index in [0.717, 1.165) is 16.6 Å². The van der Waals surface area contributed by atoms with Crippen LogP contribution in [0.2, 0.25) is 0 Å². The second kappa shape index (κ2) is 3.71. The highest BCUT2D eigenvalue weighted by Crippen LogP contribution is 2.51. The molecular formula is C14H22N2S. The summed E-state index contributed by atoms with van der Waals surface area (Å²) in [7, 11) is 0. The van der Waals surface area contributed by atoms with Crippen LogP contribution in [0.5, 0.6) is 0 Å². The summed E-state index contributed by atoms with van der Waals surface area (Å²) in [5.41, 5.74) is 1.55. The van der Waals surface area contributed by atoms with Gasteiger partial charge >= 0.3 is 0 Å². The van der Waals surface area contributed by atoms with Gasteiger partial charge in [0.2, 0.25) is 0 Å². The van der Waals surface area contributed by atoms with Crippen LogP contribution in [0.1, 0.15) is 58.2 Å². The molecule has 2 bridgehead atoms. The molecule has 2 aliphatic rings. The summed E-state index contributed by atoms with van der Waals surface area (Å²) in [5, 5.41) is 0. The summed E-state index contributed by atoms with van der Waals surface area (Å²) >= 11 is 5.50. The molecular weight excluding hydrogens is 228 g/mol. The molecule has 0 saturated heterocycles. The first kappa shape index (κ1) is 11.5. The highest BCUT2D eigenvalue weighted by atomic mass is 32.1. The van der Waals surface area contributed by atoms with Gasteiger partial charge in [-0.25, -0.2) is 0 Å². The molecule has 0 amide bonds. The Kier molecular flexibility index (Phi) is 2.51. The summed E-state index contributed by atoms with van der Waals surface area (Å²) in [6, 6.07) is 0.668. The number of nitrogens with zero attached hydrogens (tertiary/aromatic N) is 1. The molecule has 17 heavy (non-hydrogen) atoms. The van der Waals surface area contributed by atoms with Gasteiger partial charge in [0.1, 0.15) is 0 Å². The molecule has 2 aliphatic carbocycles. The lowest BCUT2D eigenvalue weighted by molar-refractivity contribution is 0.310. The van der Waals surface area contributed by atoms with Gasteiger partial charge < -0.3 is 9.55 Å². The van der Waals surface area contributed by atoms with Crippen molar-refractivity contribution in [3.8, 4) is 0 Å². The lowest BCUT2D eigenvalue weighted by Crippen LogP contribution is -2.24. The Bertz CT molecular complexity index is 477. The predicted octanol–water partition coefficient (Wildman–Crippen LogP) is 4.20. The zero-order valence-corrected chi connectivity index (χ0v) is 11.8. The van der Waals surface area contributed by atoms with Crippen molar-refractivity contribution in [2.24, 2.45) is 11.8 Å². The number of hydrogen-bond donors (Lipinski definition) is 1. The van der Waals surface area contributed by atoms with Gasteiger partial charge in [0.25, 0.3) is 0 Å². The Morgan fingerprint density at radius 2 is 2.06 bits per heavy atom. The van der Waals surface area contributed by atoms with Crippen LogP contribution in [0.25, 0.3) is 0 Å². The zero-order chi connectivity index (χ0) is 12.2. The van der Waals surface area contributed by atoms with Gasteiger partial charge in [-0.1, -0.05) is 27.2 Å². The van der Waals surface area contributed by atoms with Gasteiger partial charge in [-0.3, -0.25) is 0 Å². The zero-order valence-electron chi connectivity index (χ0n) is 11.0. The largest absolute Gasteiger partial charge is 0.337 e. The van der Waals surface area contributed by atoms with Crippen LogP contribution >= 0.6 is 12.2 Å². The molecule has 94 valence electrons. The molecule has 3 atom stereocenters. The molecule has 3 heteroatoms. The van der Waals surface area contributed by atoms with Gasteiger partial charge in [-0.05, 0) is 43.3 Å².